The van der Waals surface area contributed by atoms with Crippen molar-refractivity contribution in [1.29, 1.82) is 0 Å². The molecule has 1 atom stereocenters. The monoisotopic (exact) mass is 326 g/mol. The fourth-order valence-corrected chi connectivity index (χ4v) is 2.37. The second kappa shape index (κ2) is 6.66. The Morgan fingerprint density at radius 2 is 1.83 bits per heavy atom. The maximum atomic E-state index is 12.9. The van der Waals surface area contributed by atoms with Crippen LogP contribution in [0.4, 0.5) is 4.39 Å². The zero-order valence-corrected chi connectivity index (χ0v) is 13.0. The largest absolute Gasteiger partial charge is 0.488 e. The van der Waals surface area contributed by atoms with E-state index in [2.05, 4.69) is 0 Å². The van der Waals surface area contributed by atoms with E-state index in [0.717, 1.165) is 5.56 Å². The molecule has 0 aromatic heterocycles. The molecule has 0 spiro atoms. The summed E-state index contributed by atoms with van der Waals surface area (Å²) in [5, 5.41) is 0. The van der Waals surface area contributed by atoms with Crippen LogP contribution in [0.15, 0.2) is 54.1 Å². The normalized spacial score (nSPS) is 14.0. The van der Waals surface area contributed by atoms with Crippen molar-refractivity contribution in [3.8, 4) is 5.75 Å². The Balaban J connectivity index is 1.69. The summed E-state index contributed by atoms with van der Waals surface area (Å²) in [5.41, 5.74) is 1.41. The van der Waals surface area contributed by atoms with Crippen molar-refractivity contribution in [3.05, 3.63) is 71.0 Å². The van der Waals surface area contributed by atoms with Gasteiger partial charge in [-0.25, -0.2) is 9.18 Å². The molecule has 1 aliphatic rings. The third-order valence-corrected chi connectivity index (χ3v) is 3.68. The second-order valence-corrected chi connectivity index (χ2v) is 5.41. The maximum absolute atomic E-state index is 12.9. The van der Waals surface area contributed by atoms with E-state index < -0.39 is 17.9 Å². The predicted molar refractivity (Wildman–Crippen MR) is 86.2 cm³/mol. The third kappa shape index (κ3) is 3.35. The fourth-order valence-electron chi connectivity index (χ4n) is 2.37. The van der Waals surface area contributed by atoms with Crippen molar-refractivity contribution >= 4 is 17.8 Å². The van der Waals surface area contributed by atoms with Crippen molar-refractivity contribution in [2.45, 2.75) is 13.0 Å². The van der Waals surface area contributed by atoms with Crippen molar-refractivity contribution in [1.82, 2.24) is 0 Å². The third-order valence-electron chi connectivity index (χ3n) is 3.68. The minimum atomic E-state index is -0.971. The fraction of sp³-hybridized carbons (Fsp3) is 0.158. The number of esters is 1. The summed E-state index contributed by atoms with van der Waals surface area (Å²) in [5.74, 6) is -0.725. The van der Waals surface area contributed by atoms with Crippen molar-refractivity contribution < 1.29 is 23.5 Å². The van der Waals surface area contributed by atoms with Gasteiger partial charge in [-0.05, 0) is 43.3 Å². The van der Waals surface area contributed by atoms with Crippen LogP contribution in [0, 0.1) is 5.82 Å². The molecular weight excluding hydrogens is 311 g/mol. The molecular formula is C19H15FO4. The number of halogens is 1. The number of hydrogen-bond acceptors (Lipinski definition) is 4. The number of Topliss-reactive ketones (excluding diaryl/α,β-unsaturated/α-hetero) is 1. The number of benzene rings is 2. The van der Waals surface area contributed by atoms with E-state index in [1.165, 1.54) is 31.2 Å². The Labute approximate surface area is 138 Å². The van der Waals surface area contributed by atoms with Crippen LogP contribution in [0.2, 0.25) is 0 Å². The summed E-state index contributed by atoms with van der Waals surface area (Å²) in [6, 6.07) is 12.4. The average molecular weight is 326 g/mol. The lowest BCUT2D eigenvalue weighted by atomic mass is 10.1. The second-order valence-electron chi connectivity index (χ2n) is 5.41. The van der Waals surface area contributed by atoms with Gasteiger partial charge in [-0.3, -0.25) is 4.79 Å². The number of para-hydroxylation sites is 1. The van der Waals surface area contributed by atoms with Gasteiger partial charge in [-0.2, -0.15) is 0 Å². The van der Waals surface area contributed by atoms with Crippen LogP contribution in [0.5, 0.6) is 5.75 Å². The van der Waals surface area contributed by atoms with E-state index in [1.807, 2.05) is 24.3 Å². The molecule has 1 heterocycles. The first-order valence-electron chi connectivity index (χ1n) is 7.48. The Bertz CT molecular complexity index is 808. The molecule has 24 heavy (non-hydrogen) atoms. The van der Waals surface area contributed by atoms with Crippen LogP contribution < -0.4 is 4.74 Å². The van der Waals surface area contributed by atoms with Gasteiger partial charge >= 0.3 is 5.97 Å². The lowest BCUT2D eigenvalue weighted by Gasteiger charge is -2.18. The molecule has 2 aromatic carbocycles. The minimum Gasteiger partial charge on any atom is -0.488 e. The lowest BCUT2D eigenvalue weighted by molar-refractivity contribution is -0.141. The molecule has 4 nitrogen and oxygen atoms in total. The molecule has 122 valence electrons. The van der Waals surface area contributed by atoms with Gasteiger partial charge in [0.25, 0.3) is 0 Å². The van der Waals surface area contributed by atoms with Gasteiger partial charge in [-0.1, -0.05) is 18.2 Å². The highest BCUT2D eigenvalue weighted by Crippen LogP contribution is 2.26. The zero-order valence-electron chi connectivity index (χ0n) is 13.0. The quantitative estimate of drug-likeness (QED) is 0.638. The molecule has 5 heteroatoms. The van der Waals surface area contributed by atoms with Crippen LogP contribution in [0.25, 0.3) is 6.08 Å². The van der Waals surface area contributed by atoms with E-state index in [0.29, 0.717) is 11.3 Å². The van der Waals surface area contributed by atoms with Gasteiger partial charge in [0, 0.05) is 11.1 Å². The van der Waals surface area contributed by atoms with Crippen molar-refractivity contribution in [2.75, 3.05) is 6.61 Å². The summed E-state index contributed by atoms with van der Waals surface area (Å²) in [6.07, 6.45) is 0.719. The summed E-state index contributed by atoms with van der Waals surface area (Å²) in [4.78, 5) is 24.4. The van der Waals surface area contributed by atoms with Crippen LogP contribution in [0.1, 0.15) is 22.8 Å². The van der Waals surface area contributed by atoms with Crippen molar-refractivity contribution in [2.24, 2.45) is 0 Å². The van der Waals surface area contributed by atoms with Crippen molar-refractivity contribution in [3.63, 3.8) is 0 Å². The Morgan fingerprint density at radius 1 is 1.12 bits per heavy atom. The van der Waals surface area contributed by atoms with Gasteiger partial charge in [-0.15, -0.1) is 0 Å². The lowest BCUT2D eigenvalue weighted by Crippen LogP contribution is -2.27. The summed E-state index contributed by atoms with van der Waals surface area (Å²) < 4.78 is 23.6. The van der Waals surface area contributed by atoms with Gasteiger partial charge in [0.15, 0.2) is 6.10 Å². The number of ketones is 1. The molecule has 3 rings (SSSR count). The van der Waals surface area contributed by atoms with Crippen LogP contribution in [-0.4, -0.2) is 24.5 Å². The minimum absolute atomic E-state index is 0.0906. The first-order valence-corrected chi connectivity index (χ1v) is 7.48. The Kier molecular flexibility index (Phi) is 4.42. The molecule has 0 saturated heterocycles. The number of carbonyl (C=O) groups excluding carboxylic acids is 2. The van der Waals surface area contributed by atoms with Gasteiger partial charge in [0.1, 0.15) is 18.2 Å². The summed E-state index contributed by atoms with van der Waals surface area (Å²) in [7, 11) is 0. The molecule has 0 unspecified atom stereocenters. The molecule has 0 amide bonds. The van der Waals surface area contributed by atoms with Crippen LogP contribution >= 0.6 is 0 Å². The predicted octanol–water partition coefficient (Wildman–Crippen LogP) is 3.42. The number of hydrogen-bond donors (Lipinski definition) is 0. The molecule has 0 fully saturated rings. The van der Waals surface area contributed by atoms with E-state index >= 15 is 0 Å². The summed E-state index contributed by atoms with van der Waals surface area (Å²) >= 11 is 0. The van der Waals surface area contributed by atoms with E-state index in [9.17, 15) is 14.0 Å². The maximum Gasteiger partial charge on any atom is 0.338 e. The molecule has 0 bridgehead atoms. The molecule has 1 aliphatic heterocycles. The first kappa shape index (κ1) is 15.9. The molecule has 0 radical (unpaired) electrons. The highest BCUT2D eigenvalue weighted by atomic mass is 19.1. The van der Waals surface area contributed by atoms with E-state index in [4.69, 9.17) is 9.47 Å². The number of ether oxygens (including phenoxy) is 2. The SMILES string of the molecule is C[C@@H](OC(=O)C1=Cc2ccccc2OC1)C(=O)c1ccc(F)cc1. The zero-order chi connectivity index (χ0) is 17.1. The van der Waals surface area contributed by atoms with E-state index in [-0.39, 0.29) is 18.0 Å². The summed E-state index contributed by atoms with van der Waals surface area (Å²) in [6.45, 7) is 1.58. The average Bonchev–Trinajstić information content (AvgIpc) is 2.61. The van der Waals surface area contributed by atoms with E-state index in [1.54, 1.807) is 6.08 Å². The Morgan fingerprint density at radius 3 is 2.58 bits per heavy atom. The molecule has 0 N–H and O–H groups in total. The topological polar surface area (TPSA) is 52.6 Å². The standard InChI is InChI=1S/C19H15FO4/c1-12(18(21)13-6-8-16(20)9-7-13)24-19(22)15-10-14-4-2-3-5-17(14)23-11-15/h2-10,12H,11H2,1H3/t12-/m1/s1. The molecule has 0 saturated carbocycles. The number of carbonyl (C=O) groups is 2. The smallest absolute Gasteiger partial charge is 0.338 e. The number of fused-ring (bicyclic) bond motifs is 1. The van der Waals surface area contributed by atoms with Crippen LogP contribution in [-0.2, 0) is 9.53 Å². The molecule has 2 aromatic rings. The van der Waals surface area contributed by atoms with Gasteiger partial charge < -0.3 is 9.47 Å². The first-order chi connectivity index (χ1) is 11.5. The number of rotatable bonds is 4. The van der Waals surface area contributed by atoms with Gasteiger partial charge in [0.05, 0.1) is 5.57 Å². The highest BCUT2D eigenvalue weighted by molar-refractivity contribution is 6.02. The van der Waals surface area contributed by atoms with Gasteiger partial charge in [0.2, 0.25) is 5.78 Å². The van der Waals surface area contributed by atoms with Crippen LogP contribution in [0.3, 0.4) is 0 Å². The highest BCUT2D eigenvalue weighted by Gasteiger charge is 2.24. The molecule has 0 aliphatic carbocycles. The Hall–Kier alpha value is -2.95.